The Balaban J connectivity index is 1.82. The first kappa shape index (κ1) is 15.4. The molecule has 6 nitrogen and oxygen atoms in total. The lowest BCUT2D eigenvalue weighted by Gasteiger charge is -2.26. The highest BCUT2D eigenvalue weighted by atomic mass is 16.5. The number of nitriles is 1. The second-order valence-electron chi connectivity index (χ2n) is 5.39. The molecule has 1 fully saturated rings. The number of piperazine rings is 1. The zero-order valence-corrected chi connectivity index (χ0v) is 13.2. The number of anilines is 1. The van der Waals surface area contributed by atoms with E-state index < -0.39 is 0 Å². The van der Waals surface area contributed by atoms with E-state index in [0.717, 1.165) is 43.9 Å². The van der Waals surface area contributed by atoms with Crippen molar-refractivity contribution in [3.8, 4) is 23.3 Å². The summed E-state index contributed by atoms with van der Waals surface area (Å²) in [4.78, 5) is 6.40. The molecule has 1 N–H and O–H groups in total. The normalized spacial score (nSPS) is 14.5. The van der Waals surface area contributed by atoms with Gasteiger partial charge < -0.3 is 19.4 Å². The van der Waals surface area contributed by atoms with E-state index in [0.29, 0.717) is 24.1 Å². The van der Waals surface area contributed by atoms with Crippen molar-refractivity contribution in [2.45, 2.75) is 13.3 Å². The first-order valence-corrected chi connectivity index (χ1v) is 7.91. The Morgan fingerprint density at radius 2 is 2.04 bits per heavy atom. The van der Waals surface area contributed by atoms with Gasteiger partial charge in [0.2, 0.25) is 17.5 Å². The zero-order valence-electron chi connectivity index (χ0n) is 13.2. The monoisotopic (exact) mass is 312 g/mol. The van der Waals surface area contributed by atoms with Gasteiger partial charge in [0.05, 0.1) is 6.61 Å². The maximum absolute atomic E-state index is 9.32. The number of oxazole rings is 1. The number of hydrogen-bond acceptors (Lipinski definition) is 6. The molecule has 1 aromatic heterocycles. The predicted octanol–water partition coefficient (Wildman–Crippen LogP) is 2.41. The lowest BCUT2D eigenvalue weighted by Crippen LogP contribution is -2.43. The molecule has 0 radical (unpaired) electrons. The Hall–Kier alpha value is -2.52. The quantitative estimate of drug-likeness (QED) is 0.914. The number of hydrogen-bond donors (Lipinski definition) is 1. The molecule has 23 heavy (non-hydrogen) atoms. The summed E-state index contributed by atoms with van der Waals surface area (Å²) in [5, 5.41) is 12.6. The molecule has 0 unspecified atom stereocenters. The molecular weight excluding hydrogens is 292 g/mol. The van der Waals surface area contributed by atoms with Gasteiger partial charge in [0.25, 0.3) is 0 Å². The van der Waals surface area contributed by atoms with E-state index in [4.69, 9.17) is 9.15 Å². The maximum atomic E-state index is 9.32. The Bertz CT molecular complexity index is 682. The summed E-state index contributed by atoms with van der Waals surface area (Å²) in [7, 11) is 0. The van der Waals surface area contributed by atoms with Crippen LogP contribution in [0, 0.1) is 11.3 Å². The Morgan fingerprint density at radius 3 is 2.70 bits per heavy atom. The van der Waals surface area contributed by atoms with E-state index in [1.165, 1.54) is 0 Å². The van der Waals surface area contributed by atoms with Gasteiger partial charge in [0.1, 0.15) is 11.8 Å². The molecule has 1 saturated heterocycles. The minimum Gasteiger partial charge on any atom is -0.494 e. The predicted molar refractivity (Wildman–Crippen MR) is 87.5 cm³/mol. The number of benzene rings is 1. The van der Waals surface area contributed by atoms with Crippen LogP contribution in [0.4, 0.5) is 5.88 Å². The average Bonchev–Trinajstić information content (AvgIpc) is 3.05. The van der Waals surface area contributed by atoms with Crippen LogP contribution in [-0.4, -0.2) is 37.8 Å². The highest BCUT2D eigenvalue weighted by Gasteiger charge is 2.21. The number of nitrogens with one attached hydrogen (secondary N) is 1. The van der Waals surface area contributed by atoms with E-state index in [9.17, 15) is 5.26 Å². The molecule has 120 valence electrons. The SMILES string of the molecule is CCCOc1ccc(-c2nc(C#N)c(N3CCNCC3)o2)cc1. The molecule has 3 rings (SSSR count). The Kier molecular flexibility index (Phi) is 4.79. The van der Waals surface area contributed by atoms with Crippen molar-refractivity contribution in [2.75, 3.05) is 37.7 Å². The van der Waals surface area contributed by atoms with Crippen molar-refractivity contribution < 1.29 is 9.15 Å². The molecular formula is C17H20N4O2. The third kappa shape index (κ3) is 3.46. The van der Waals surface area contributed by atoms with Crippen LogP contribution in [0.5, 0.6) is 5.75 Å². The lowest BCUT2D eigenvalue weighted by molar-refractivity contribution is 0.317. The van der Waals surface area contributed by atoms with Crippen molar-refractivity contribution in [3.63, 3.8) is 0 Å². The summed E-state index contributed by atoms with van der Waals surface area (Å²) < 4.78 is 11.4. The summed E-state index contributed by atoms with van der Waals surface area (Å²) in [6.07, 6.45) is 0.973. The summed E-state index contributed by atoms with van der Waals surface area (Å²) in [6, 6.07) is 9.72. The summed E-state index contributed by atoms with van der Waals surface area (Å²) in [5.74, 6) is 1.86. The minimum absolute atomic E-state index is 0.341. The first-order valence-electron chi connectivity index (χ1n) is 7.91. The molecule has 0 atom stereocenters. The molecule has 6 heteroatoms. The fourth-order valence-electron chi connectivity index (χ4n) is 2.50. The van der Waals surface area contributed by atoms with Gasteiger partial charge in [-0.2, -0.15) is 10.2 Å². The minimum atomic E-state index is 0.341. The number of nitrogens with zero attached hydrogens (tertiary/aromatic N) is 3. The summed E-state index contributed by atoms with van der Waals surface area (Å²) >= 11 is 0. The fourth-order valence-corrected chi connectivity index (χ4v) is 2.50. The van der Waals surface area contributed by atoms with Crippen LogP contribution in [0.15, 0.2) is 28.7 Å². The van der Waals surface area contributed by atoms with Crippen molar-refractivity contribution >= 4 is 5.88 Å². The van der Waals surface area contributed by atoms with Gasteiger partial charge in [-0.25, -0.2) is 0 Å². The topological polar surface area (TPSA) is 74.3 Å². The first-order chi connectivity index (χ1) is 11.3. The van der Waals surface area contributed by atoms with Crippen LogP contribution < -0.4 is 15.0 Å². The largest absolute Gasteiger partial charge is 0.494 e. The third-order valence-electron chi connectivity index (χ3n) is 3.69. The Labute approximate surface area is 135 Å². The van der Waals surface area contributed by atoms with E-state index >= 15 is 0 Å². The average molecular weight is 312 g/mol. The highest BCUT2D eigenvalue weighted by molar-refractivity contribution is 5.60. The van der Waals surface area contributed by atoms with Gasteiger partial charge in [-0.05, 0) is 30.7 Å². The van der Waals surface area contributed by atoms with E-state index in [1.54, 1.807) is 0 Å². The molecule has 0 bridgehead atoms. The van der Waals surface area contributed by atoms with Gasteiger partial charge in [-0.15, -0.1) is 0 Å². The number of ether oxygens (including phenoxy) is 1. The number of aromatic nitrogens is 1. The van der Waals surface area contributed by atoms with E-state index in [2.05, 4.69) is 28.2 Å². The van der Waals surface area contributed by atoms with Crippen molar-refractivity contribution in [1.82, 2.24) is 10.3 Å². The van der Waals surface area contributed by atoms with Crippen molar-refractivity contribution in [1.29, 1.82) is 5.26 Å². The molecule has 1 aliphatic heterocycles. The third-order valence-corrected chi connectivity index (χ3v) is 3.69. The molecule has 0 spiro atoms. The highest BCUT2D eigenvalue weighted by Crippen LogP contribution is 2.29. The van der Waals surface area contributed by atoms with Crippen molar-refractivity contribution in [3.05, 3.63) is 30.0 Å². The van der Waals surface area contributed by atoms with Crippen LogP contribution in [0.25, 0.3) is 11.5 Å². The zero-order chi connectivity index (χ0) is 16.1. The van der Waals surface area contributed by atoms with Gasteiger partial charge in [0.15, 0.2) is 0 Å². The number of rotatable bonds is 5. The van der Waals surface area contributed by atoms with Crippen molar-refractivity contribution in [2.24, 2.45) is 0 Å². The molecule has 1 aliphatic rings. The molecule has 2 heterocycles. The van der Waals surface area contributed by atoms with Crippen LogP contribution in [0.1, 0.15) is 19.0 Å². The molecule has 1 aromatic carbocycles. The Morgan fingerprint density at radius 1 is 1.30 bits per heavy atom. The fraction of sp³-hybridized carbons (Fsp3) is 0.412. The lowest BCUT2D eigenvalue weighted by atomic mass is 10.2. The van der Waals surface area contributed by atoms with E-state index in [1.807, 2.05) is 24.3 Å². The smallest absolute Gasteiger partial charge is 0.235 e. The van der Waals surface area contributed by atoms with Gasteiger partial charge >= 0.3 is 0 Å². The van der Waals surface area contributed by atoms with E-state index in [-0.39, 0.29) is 0 Å². The summed E-state index contributed by atoms with van der Waals surface area (Å²) in [5.41, 5.74) is 1.18. The standard InChI is InChI=1S/C17H20N4O2/c1-2-11-22-14-5-3-13(4-6-14)16-20-15(12-18)17(23-16)21-9-7-19-8-10-21/h3-6,19H,2,7-11H2,1H3. The van der Waals surface area contributed by atoms with Crippen LogP contribution in [0.3, 0.4) is 0 Å². The molecule has 0 amide bonds. The van der Waals surface area contributed by atoms with Gasteiger partial charge in [0, 0.05) is 31.7 Å². The van der Waals surface area contributed by atoms with Crippen LogP contribution in [-0.2, 0) is 0 Å². The van der Waals surface area contributed by atoms with Gasteiger partial charge in [-0.3, -0.25) is 0 Å². The van der Waals surface area contributed by atoms with Crippen LogP contribution in [0.2, 0.25) is 0 Å². The second kappa shape index (κ2) is 7.16. The molecule has 0 aliphatic carbocycles. The molecule has 2 aromatic rings. The maximum Gasteiger partial charge on any atom is 0.235 e. The van der Waals surface area contributed by atoms with Gasteiger partial charge in [-0.1, -0.05) is 6.92 Å². The summed E-state index contributed by atoms with van der Waals surface area (Å²) in [6.45, 7) is 6.15. The molecule has 0 saturated carbocycles. The van der Waals surface area contributed by atoms with Crippen LogP contribution >= 0.6 is 0 Å². The second-order valence-corrected chi connectivity index (χ2v) is 5.39.